The molecule has 0 radical (unpaired) electrons. The SMILES string of the molecule is CCC1CN(c2cc(C(=O)O)cc(Cl)n2)CCS1. The largest absolute Gasteiger partial charge is 0.478 e. The Balaban J connectivity index is 2.24. The molecule has 98 valence electrons. The van der Waals surface area contributed by atoms with E-state index in [4.69, 9.17) is 16.7 Å². The maximum absolute atomic E-state index is 11.0. The van der Waals surface area contributed by atoms with Gasteiger partial charge in [0.15, 0.2) is 0 Å². The minimum Gasteiger partial charge on any atom is -0.478 e. The molecular formula is C12H15ClN2O2S. The van der Waals surface area contributed by atoms with Crippen LogP contribution in [-0.2, 0) is 0 Å². The third-order valence-electron chi connectivity index (χ3n) is 2.95. The number of nitrogens with zero attached hydrogens (tertiary/aromatic N) is 2. The molecule has 1 fully saturated rings. The molecule has 1 aliphatic heterocycles. The van der Waals surface area contributed by atoms with Crippen LogP contribution in [-0.4, -0.2) is 40.2 Å². The van der Waals surface area contributed by atoms with Crippen molar-refractivity contribution in [1.82, 2.24) is 4.98 Å². The van der Waals surface area contributed by atoms with E-state index in [1.807, 2.05) is 11.8 Å². The van der Waals surface area contributed by atoms with Gasteiger partial charge in [-0.1, -0.05) is 18.5 Å². The Bertz CT molecular complexity index is 456. The molecule has 0 saturated carbocycles. The molecule has 18 heavy (non-hydrogen) atoms. The molecule has 4 nitrogen and oxygen atoms in total. The van der Waals surface area contributed by atoms with Crippen LogP contribution in [0.1, 0.15) is 23.7 Å². The molecule has 1 aliphatic rings. The third-order valence-corrected chi connectivity index (χ3v) is 4.51. The van der Waals surface area contributed by atoms with Gasteiger partial charge in [0.2, 0.25) is 0 Å². The fraction of sp³-hybridized carbons (Fsp3) is 0.500. The van der Waals surface area contributed by atoms with E-state index in [0.717, 1.165) is 25.3 Å². The van der Waals surface area contributed by atoms with Crippen molar-refractivity contribution in [1.29, 1.82) is 0 Å². The lowest BCUT2D eigenvalue weighted by molar-refractivity contribution is 0.0697. The zero-order valence-electron chi connectivity index (χ0n) is 10.1. The van der Waals surface area contributed by atoms with E-state index in [1.165, 1.54) is 6.07 Å². The molecule has 0 spiro atoms. The molecule has 1 unspecified atom stereocenters. The van der Waals surface area contributed by atoms with E-state index in [2.05, 4.69) is 16.8 Å². The molecule has 1 aromatic rings. The normalized spacial score (nSPS) is 19.9. The van der Waals surface area contributed by atoms with Gasteiger partial charge in [0.05, 0.1) is 5.56 Å². The predicted octanol–water partition coefficient (Wildman–Crippen LogP) is 2.77. The minimum atomic E-state index is -0.973. The van der Waals surface area contributed by atoms with Crippen molar-refractivity contribution in [3.8, 4) is 0 Å². The summed E-state index contributed by atoms with van der Waals surface area (Å²) in [6.07, 6.45) is 1.10. The van der Waals surface area contributed by atoms with Crippen LogP contribution in [0, 0.1) is 0 Å². The summed E-state index contributed by atoms with van der Waals surface area (Å²) >= 11 is 7.83. The Morgan fingerprint density at radius 2 is 2.44 bits per heavy atom. The summed E-state index contributed by atoms with van der Waals surface area (Å²) in [5, 5.41) is 9.83. The summed E-state index contributed by atoms with van der Waals surface area (Å²) in [5.41, 5.74) is 0.191. The van der Waals surface area contributed by atoms with Crippen LogP contribution in [0.15, 0.2) is 12.1 Å². The lowest BCUT2D eigenvalue weighted by Gasteiger charge is -2.32. The number of hydrogen-bond acceptors (Lipinski definition) is 4. The van der Waals surface area contributed by atoms with Gasteiger partial charge in [-0.25, -0.2) is 9.78 Å². The number of aromatic carboxylic acids is 1. The maximum atomic E-state index is 11.0. The van der Waals surface area contributed by atoms with E-state index >= 15 is 0 Å². The fourth-order valence-electron chi connectivity index (χ4n) is 1.94. The van der Waals surface area contributed by atoms with E-state index in [1.54, 1.807) is 6.07 Å². The maximum Gasteiger partial charge on any atom is 0.335 e. The quantitative estimate of drug-likeness (QED) is 0.866. The second-order valence-corrected chi connectivity index (χ2v) is 5.98. The summed E-state index contributed by atoms with van der Waals surface area (Å²) in [7, 11) is 0. The molecule has 1 N–H and O–H groups in total. The van der Waals surface area contributed by atoms with Crippen LogP contribution in [0.2, 0.25) is 5.15 Å². The van der Waals surface area contributed by atoms with Crippen molar-refractivity contribution >= 4 is 35.1 Å². The zero-order valence-corrected chi connectivity index (χ0v) is 11.7. The van der Waals surface area contributed by atoms with Crippen LogP contribution < -0.4 is 4.90 Å². The average Bonchev–Trinajstić information content (AvgIpc) is 2.38. The van der Waals surface area contributed by atoms with Crippen molar-refractivity contribution < 1.29 is 9.90 Å². The molecule has 1 atom stereocenters. The Morgan fingerprint density at radius 1 is 1.67 bits per heavy atom. The van der Waals surface area contributed by atoms with Gasteiger partial charge in [-0.3, -0.25) is 0 Å². The van der Waals surface area contributed by atoms with E-state index in [0.29, 0.717) is 11.1 Å². The van der Waals surface area contributed by atoms with Gasteiger partial charge < -0.3 is 10.0 Å². The van der Waals surface area contributed by atoms with Gasteiger partial charge in [-0.15, -0.1) is 0 Å². The topological polar surface area (TPSA) is 53.4 Å². The van der Waals surface area contributed by atoms with E-state index in [9.17, 15) is 4.79 Å². The summed E-state index contributed by atoms with van der Waals surface area (Å²) in [6, 6.07) is 2.97. The van der Waals surface area contributed by atoms with Crippen molar-refractivity contribution in [2.75, 3.05) is 23.7 Å². The highest BCUT2D eigenvalue weighted by Crippen LogP contribution is 2.26. The molecule has 0 amide bonds. The Labute approximate surface area is 115 Å². The first kappa shape index (κ1) is 13.5. The predicted molar refractivity (Wildman–Crippen MR) is 75.0 cm³/mol. The lowest BCUT2D eigenvalue weighted by Crippen LogP contribution is -2.38. The van der Waals surface area contributed by atoms with Gasteiger partial charge in [-0.2, -0.15) is 11.8 Å². The molecule has 1 aromatic heterocycles. The number of thioether (sulfide) groups is 1. The molecule has 2 rings (SSSR count). The number of anilines is 1. The zero-order chi connectivity index (χ0) is 13.1. The number of hydrogen-bond donors (Lipinski definition) is 1. The van der Waals surface area contributed by atoms with Crippen molar-refractivity contribution in [2.45, 2.75) is 18.6 Å². The monoisotopic (exact) mass is 286 g/mol. The van der Waals surface area contributed by atoms with Crippen LogP contribution in [0.4, 0.5) is 5.82 Å². The lowest BCUT2D eigenvalue weighted by atomic mass is 10.2. The first-order valence-corrected chi connectivity index (χ1v) is 7.30. The number of aromatic nitrogens is 1. The number of halogens is 1. The number of carboxylic acid groups (broad SMARTS) is 1. The molecular weight excluding hydrogens is 272 g/mol. The van der Waals surface area contributed by atoms with Gasteiger partial charge in [0.1, 0.15) is 11.0 Å². The molecule has 0 aromatic carbocycles. The van der Waals surface area contributed by atoms with Crippen molar-refractivity contribution in [3.63, 3.8) is 0 Å². The smallest absolute Gasteiger partial charge is 0.335 e. The highest BCUT2D eigenvalue weighted by Gasteiger charge is 2.21. The van der Waals surface area contributed by atoms with E-state index in [-0.39, 0.29) is 10.7 Å². The van der Waals surface area contributed by atoms with Crippen molar-refractivity contribution in [2.24, 2.45) is 0 Å². The first-order chi connectivity index (χ1) is 8.60. The highest BCUT2D eigenvalue weighted by molar-refractivity contribution is 8.00. The number of carbonyl (C=O) groups is 1. The highest BCUT2D eigenvalue weighted by atomic mass is 35.5. The molecule has 2 heterocycles. The fourth-order valence-corrected chi connectivity index (χ4v) is 3.33. The second kappa shape index (κ2) is 5.80. The van der Waals surface area contributed by atoms with Gasteiger partial charge in [0, 0.05) is 24.1 Å². The van der Waals surface area contributed by atoms with Crippen LogP contribution in [0.3, 0.4) is 0 Å². The molecule has 0 bridgehead atoms. The third kappa shape index (κ3) is 3.09. The van der Waals surface area contributed by atoms with Crippen LogP contribution >= 0.6 is 23.4 Å². The molecule has 0 aliphatic carbocycles. The second-order valence-electron chi connectivity index (χ2n) is 4.19. The standard InChI is InChI=1S/C12H15ClN2O2S/c1-2-9-7-15(3-4-18-9)11-6-8(12(16)17)5-10(13)14-11/h5-6,9H,2-4,7H2,1H3,(H,16,17). The summed E-state index contributed by atoms with van der Waals surface area (Å²) in [6.45, 7) is 3.94. The van der Waals surface area contributed by atoms with Crippen LogP contribution in [0.25, 0.3) is 0 Å². The van der Waals surface area contributed by atoms with Crippen molar-refractivity contribution in [3.05, 3.63) is 22.8 Å². The van der Waals surface area contributed by atoms with Gasteiger partial charge >= 0.3 is 5.97 Å². The van der Waals surface area contributed by atoms with Crippen LogP contribution in [0.5, 0.6) is 0 Å². The Kier molecular flexibility index (Phi) is 4.35. The number of pyridine rings is 1. The minimum absolute atomic E-state index is 0.191. The first-order valence-electron chi connectivity index (χ1n) is 5.87. The molecule has 6 heteroatoms. The van der Waals surface area contributed by atoms with Gasteiger partial charge in [0.25, 0.3) is 0 Å². The van der Waals surface area contributed by atoms with Gasteiger partial charge in [-0.05, 0) is 18.6 Å². The summed E-state index contributed by atoms with van der Waals surface area (Å²) in [4.78, 5) is 17.3. The Hall–Kier alpha value is -0.940. The van der Waals surface area contributed by atoms with E-state index < -0.39 is 5.97 Å². The average molecular weight is 287 g/mol. The summed E-state index contributed by atoms with van der Waals surface area (Å²) < 4.78 is 0. The number of carboxylic acids is 1. The number of rotatable bonds is 3. The Morgan fingerprint density at radius 3 is 3.11 bits per heavy atom. The summed E-state index contributed by atoms with van der Waals surface area (Å²) in [5.74, 6) is 0.729. The molecule has 1 saturated heterocycles.